The van der Waals surface area contributed by atoms with Gasteiger partial charge in [0.05, 0.1) is 5.41 Å². The van der Waals surface area contributed by atoms with E-state index in [1.54, 1.807) is 0 Å². The molecule has 0 aliphatic heterocycles. The maximum atomic E-state index is 11.9. The third kappa shape index (κ3) is 5.71. The summed E-state index contributed by atoms with van der Waals surface area (Å²) in [7, 11) is 0.510. The van der Waals surface area contributed by atoms with Gasteiger partial charge in [0.15, 0.2) is 0 Å². The molecule has 0 aromatic heterocycles. The third-order valence-electron chi connectivity index (χ3n) is 3.78. The topological polar surface area (TPSA) is 26.3 Å². The van der Waals surface area contributed by atoms with Crippen LogP contribution in [0.5, 0.6) is 0 Å². The maximum Gasteiger partial charge on any atom is 0.297 e. The summed E-state index contributed by atoms with van der Waals surface area (Å²) >= 11 is 0. The van der Waals surface area contributed by atoms with Gasteiger partial charge in [0, 0.05) is 0 Å². The molecule has 0 bridgehead atoms. The van der Waals surface area contributed by atoms with Crippen LogP contribution in [0.1, 0.15) is 72.6 Å². The van der Waals surface area contributed by atoms with E-state index in [4.69, 9.17) is 4.43 Å². The first-order valence-electron chi connectivity index (χ1n) is 7.09. The Balaban J connectivity index is 4.33. The fraction of sp³-hybridized carbons (Fsp3) is 0.929. The molecule has 1 atom stereocenters. The first kappa shape index (κ1) is 16.7. The van der Waals surface area contributed by atoms with E-state index in [1.165, 1.54) is 25.7 Å². The quantitative estimate of drug-likeness (QED) is 0.469. The van der Waals surface area contributed by atoms with Crippen molar-refractivity contribution in [1.82, 2.24) is 0 Å². The third-order valence-corrected chi connectivity index (χ3v) is 4.15. The number of carbonyl (C=O) groups excluding carboxylic acids is 1. The smallest absolute Gasteiger partial charge is 0.297 e. The van der Waals surface area contributed by atoms with Crippen molar-refractivity contribution in [2.24, 2.45) is 11.3 Å². The largest absolute Gasteiger partial charge is 0.528 e. The number of hydrogen-bond donors (Lipinski definition) is 0. The van der Waals surface area contributed by atoms with Crippen LogP contribution >= 0.6 is 0 Å². The van der Waals surface area contributed by atoms with Crippen molar-refractivity contribution >= 4 is 16.5 Å². The van der Waals surface area contributed by atoms with Crippen molar-refractivity contribution < 1.29 is 9.22 Å². The van der Waals surface area contributed by atoms with E-state index in [1.807, 2.05) is 13.8 Å². The summed E-state index contributed by atoms with van der Waals surface area (Å²) in [5.41, 5.74) is -0.302. The van der Waals surface area contributed by atoms with Crippen LogP contribution in [-0.4, -0.2) is 16.5 Å². The van der Waals surface area contributed by atoms with E-state index in [9.17, 15) is 4.79 Å². The summed E-state index contributed by atoms with van der Waals surface area (Å²) in [4.78, 5) is 11.9. The highest BCUT2D eigenvalue weighted by atomic mass is 28.2. The highest BCUT2D eigenvalue weighted by Gasteiger charge is 2.36. The highest BCUT2D eigenvalue weighted by Crippen LogP contribution is 2.35. The second-order valence-corrected chi connectivity index (χ2v) is 5.96. The SMILES string of the molecule is CCCCCCC(CCC)C(C)(C)C(=O)O[SiH3]. The predicted octanol–water partition coefficient (Wildman–Crippen LogP) is 3.22. The number of hydrogen-bond acceptors (Lipinski definition) is 2. The van der Waals surface area contributed by atoms with Crippen molar-refractivity contribution in [2.75, 3.05) is 0 Å². The summed E-state index contributed by atoms with van der Waals surface area (Å²) in [5, 5.41) is 0. The van der Waals surface area contributed by atoms with E-state index < -0.39 is 0 Å². The number of carbonyl (C=O) groups is 1. The molecule has 0 amide bonds. The van der Waals surface area contributed by atoms with E-state index in [0.29, 0.717) is 16.4 Å². The molecule has 0 aromatic rings. The molecule has 0 N–H and O–H groups in total. The van der Waals surface area contributed by atoms with Crippen LogP contribution in [0.25, 0.3) is 0 Å². The standard InChI is InChI=1S/C14H30O2Si/c1-5-7-8-9-11-12(10-6-2)14(3,4)13(15)16-17/h12H,5-11H2,1-4,17H3. The molecule has 3 heteroatoms. The molecule has 0 radical (unpaired) electrons. The molecule has 0 fully saturated rings. The van der Waals surface area contributed by atoms with Crippen LogP contribution in [0.2, 0.25) is 0 Å². The lowest BCUT2D eigenvalue weighted by molar-refractivity contribution is -0.147. The number of rotatable bonds is 9. The molecule has 0 spiro atoms. The maximum absolute atomic E-state index is 11.9. The molecule has 0 saturated carbocycles. The Labute approximate surface area is 110 Å². The van der Waals surface area contributed by atoms with Gasteiger partial charge >= 0.3 is 0 Å². The zero-order valence-corrected chi connectivity index (χ0v) is 14.3. The second kappa shape index (κ2) is 8.73. The van der Waals surface area contributed by atoms with Gasteiger partial charge in [-0.3, -0.25) is 4.79 Å². The van der Waals surface area contributed by atoms with Crippen LogP contribution < -0.4 is 0 Å². The predicted molar refractivity (Wildman–Crippen MR) is 77.0 cm³/mol. The van der Waals surface area contributed by atoms with Crippen molar-refractivity contribution in [3.05, 3.63) is 0 Å². The minimum absolute atomic E-state index is 0.00175. The van der Waals surface area contributed by atoms with E-state index in [2.05, 4.69) is 13.8 Å². The Morgan fingerprint density at radius 1 is 1.12 bits per heavy atom. The Hall–Kier alpha value is -0.313. The van der Waals surface area contributed by atoms with Crippen LogP contribution in [-0.2, 0) is 9.22 Å². The lowest BCUT2D eigenvalue weighted by Crippen LogP contribution is -2.34. The van der Waals surface area contributed by atoms with Crippen LogP contribution in [0.4, 0.5) is 0 Å². The number of unbranched alkanes of at least 4 members (excludes halogenated alkanes) is 3. The van der Waals surface area contributed by atoms with Gasteiger partial charge in [0.2, 0.25) is 10.5 Å². The minimum Gasteiger partial charge on any atom is -0.528 e. The minimum atomic E-state index is -0.302. The zero-order valence-electron chi connectivity index (χ0n) is 12.3. The summed E-state index contributed by atoms with van der Waals surface area (Å²) in [6, 6.07) is 0. The van der Waals surface area contributed by atoms with Gasteiger partial charge in [-0.1, -0.05) is 46.0 Å². The fourth-order valence-electron chi connectivity index (χ4n) is 2.46. The summed E-state index contributed by atoms with van der Waals surface area (Å²) in [6.07, 6.45) is 8.57. The molecule has 1 unspecified atom stereocenters. The van der Waals surface area contributed by atoms with Gasteiger partial charge < -0.3 is 4.43 Å². The Morgan fingerprint density at radius 3 is 2.24 bits per heavy atom. The molecule has 0 aliphatic carbocycles. The van der Waals surface area contributed by atoms with Crippen molar-refractivity contribution in [1.29, 1.82) is 0 Å². The van der Waals surface area contributed by atoms with E-state index >= 15 is 0 Å². The fourth-order valence-corrected chi connectivity index (χ4v) is 2.99. The summed E-state index contributed by atoms with van der Waals surface area (Å²) < 4.78 is 5.07. The average molecular weight is 258 g/mol. The van der Waals surface area contributed by atoms with Gasteiger partial charge in [-0.25, -0.2) is 0 Å². The lowest BCUT2D eigenvalue weighted by Gasteiger charge is -2.32. The molecule has 0 aliphatic rings. The highest BCUT2D eigenvalue weighted by molar-refractivity contribution is 6.06. The lowest BCUT2D eigenvalue weighted by atomic mass is 9.74. The van der Waals surface area contributed by atoms with Gasteiger partial charge in [-0.2, -0.15) is 0 Å². The van der Waals surface area contributed by atoms with Crippen molar-refractivity contribution in [3.63, 3.8) is 0 Å². The molecule has 0 heterocycles. The van der Waals surface area contributed by atoms with Gasteiger partial charge in [-0.15, -0.1) is 0 Å². The molecule has 2 nitrogen and oxygen atoms in total. The first-order valence-corrected chi connectivity index (χ1v) is 7.90. The summed E-state index contributed by atoms with van der Waals surface area (Å²) in [6.45, 7) is 8.52. The van der Waals surface area contributed by atoms with Gasteiger partial charge in [0.25, 0.3) is 5.97 Å². The van der Waals surface area contributed by atoms with Crippen molar-refractivity contribution in [2.45, 2.75) is 72.6 Å². The molecule has 0 saturated heterocycles. The Bertz CT molecular complexity index is 214. The van der Waals surface area contributed by atoms with Crippen LogP contribution in [0.15, 0.2) is 0 Å². The van der Waals surface area contributed by atoms with E-state index in [0.717, 1.165) is 19.3 Å². The second-order valence-electron chi connectivity index (χ2n) is 5.55. The molecule has 17 heavy (non-hydrogen) atoms. The van der Waals surface area contributed by atoms with Gasteiger partial charge in [0.1, 0.15) is 0 Å². The molecule has 0 rings (SSSR count). The summed E-state index contributed by atoms with van der Waals surface area (Å²) in [5.74, 6) is 0.476. The average Bonchev–Trinajstić information content (AvgIpc) is 2.31. The first-order chi connectivity index (χ1) is 8.00. The molecule has 0 aromatic carbocycles. The Kier molecular flexibility index (Phi) is 8.57. The molecule has 102 valence electrons. The van der Waals surface area contributed by atoms with E-state index in [-0.39, 0.29) is 11.4 Å². The zero-order chi connectivity index (χ0) is 13.3. The monoisotopic (exact) mass is 258 g/mol. The molecular formula is C14H30O2Si. The van der Waals surface area contributed by atoms with Crippen LogP contribution in [0.3, 0.4) is 0 Å². The molecular weight excluding hydrogens is 228 g/mol. The normalized spacial score (nSPS) is 13.6. The Morgan fingerprint density at radius 2 is 1.76 bits per heavy atom. The van der Waals surface area contributed by atoms with Gasteiger partial charge in [-0.05, 0) is 32.6 Å². The van der Waals surface area contributed by atoms with Crippen molar-refractivity contribution in [3.8, 4) is 0 Å². The van der Waals surface area contributed by atoms with Crippen LogP contribution in [0, 0.1) is 11.3 Å².